The highest BCUT2D eigenvalue weighted by Gasteiger charge is 2.27. The number of piperidine rings is 1. The van der Waals surface area contributed by atoms with Crippen LogP contribution >= 0.6 is 11.6 Å². The number of nitrogens with zero attached hydrogens (tertiary/aromatic N) is 2. The van der Waals surface area contributed by atoms with Crippen molar-refractivity contribution >= 4 is 40.9 Å². The number of anilines is 2. The third-order valence-electron chi connectivity index (χ3n) is 5.96. The largest absolute Gasteiger partial charge is 0.378 e. The number of ether oxygens (including phenoxy) is 1. The minimum absolute atomic E-state index is 0.0165. The maximum atomic E-state index is 13.0. The molecule has 4 rings (SSSR count). The predicted octanol–water partition coefficient (Wildman–Crippen LogP) is 4.07. The molecule has 0 aromatic heterocycles. The molecule has 0 saturated carbocycles. The first kappa shape index (κ1) is 22.4. The minimum Gasteiger partial charge on any atom is -0.378 e. The number of morpholine rings is 1. The lowest BCUT2D eigenvalue weighted by atomic mass is 9.95. The van der Waals surface area contributed by atoms with Crippen LogP contribution < -0.4 is 10.2 Å². The smallest absolute Gasteiger partial charge is 0.246 e. The van der Waals surface area contributed by atoms with Gasteiger partial charge in [0.25, 0.3) is 0 Å². The van der Waals surface area contributed by atoms with Crippen molar-refractivity contribution in [1.82, 2.24) is 4.90 Å². The van der Waals surface area contributed by atoms with Crippen LogP contribution in [-0.2, 0) is 14.3 Å². The van der Waals surface area contributed by atoms with Gasteiger partial charge >= 0.3 is 0 Å². The van der Waals surface area contributed by atoms with E-state index in [1.807, 2.05) is 53.4 Å². The van der Waals surface area contributed by atoms with Crippen molar-refractivity contribution in [1.29, 1.82) is 0 Å². The van der Waals surface area contributed by atoms with E-state index in [2.05, 4.69) is 10.2 Å². The molecule has 32 heavy (non-hydrogen) atoms. The molecule has 2 aliphatic heterocycles. The Hall–Kier alpha value is -2.83. The zero-order chi connectivity index (χ0) is 22.3. The van der Waals surface area contributed by atoms with Crippen LogP contribution in [-0.4, -0.2) is 56.1 Å². The first-order chi connectivity index (χ1) is 15.6. The average molecular weight is 454 g/mol. The lowest BCUT2D eigenvalue weighted by Crippen LogP contribution is -2.41. The molecule has 0 unspecified atom stereocenters. The molecule has 168 valence electrons. The van der Waals surface area contributed by atoms with Crippen molar-refractivity contribution in [3.63, 3.8) is 0 Å². The summed E-state index contributed by atoms with van der Waals surface area (Å²) in [7, 11) is 0. The van der Waals surface area contributed by atoms with Crippen LogP contribution in [0, 0.1) is 5.92 Å². The summed E-state index contributed by atoms with van der Waals surface area (Å²) in [6.45, 7) is 4.04. The summed E-state index contributed by atoms with van der Waals surface area (Å²) in [5, 5.41) is 3.67. The topological polar surface area (TPSA) is 61.9 Å². The number of hydrogen-bond acceptors (Lipinski definition) is 4. The number of carbonyl (C=O) groups is 2. The van der Waals surface area contributed by atoms with E-state index in [4.69, 9.17) is 16.3 Å². The molecule has 2 heterocycles. The SMILES string of the molecule is O=C(Nc1cc(Cl)ccc1N1CCOCC1)C1CCN(C(=O)C=Cc2ccccc2)CC1. The standard InChI is InChI=1S/C25H28ClN3O3/c26-21-7-8-23(28-14-16-32-17-15-28)22(18-21)27-25(31)20-10-12-29(13-11-20)24(30)9-6-19-4-2-1-3-5-19/h1-9,18,20H,10-17H2,(H,27,31). The zero-order valence-corrected chi connectivity index (χ0v) is 18.8. The fraction of sp³-hybridized carbons (Fsp3) is 0.360. The fourth-order valence-corrected chi connectivity index (χ4v) is 4.29. The van der Waals surface area contributed by atoms with Gasteiger partial charge in [0.1, 0.15) is 0 Å². The Labute approximate surface area is 193 Å². The van der Waals surface area contributed by atoms with Crippen molar-refractivity contribution in [2.24, 2.45) is 5.92 Å². The molecular weight excluding hydrogens is 426 g/mol. The van der Waals surface area contributed by atoms with Crippen LogP contribution in [0.4, 0.5) is 11.4 Å². The Morgan fingerprint density at radius 3 is 2.44 bits per heavy atom. The molecule has 6 nitrogen and oxygen atoms in total. The summed E-state index contributed by atoms with van der Waals surface area (Å²) < 4.78 is 5.44. The summed E-state index contributed by atoms with van der Waals surface area (Å²) in [6, 6.07) is 15.3. The Morgan fingerprint density at radius 1 is 1.00 bits per heavy atom. The zero-order valence-electron chi connectivity index (χ0n) is 18.0. The Kier molecular flexibility index (Phi) is 7.45. The Morgan fingerprint density at radius 2 is 1.72 bits per heavy atom. The first-order valence-electron chi connectivity index (χ1n) is 11.1. The van der Waals surface area contributed by atoms with Gasteiger partial charge < -0.3 is 19.9 Å². The van der Waals surface area contributed by atoms with Crippen molar-refractivity contribution in [2.75, 3.05) is 49.6 Å². The van der Waals surface area contributed by atoms with E-state index in [1.54, 1.807) is 12.1 Å². The van der Waals surface area contributed by atoms with Gasteiger partial charge in [-0.1, -0.05) is 41.9 Å². The molecule has 7 heteroatoms. The number of amides is 2. The molecule has 1 N–H and O–H groups in total. The molecule has 0 spiro atoms. The van der Waals surface area contributed by atoms with Gasteiger partial charge in [-0.15, -0.1) is 0 Å². The molecule has 2 aromatic rings. The van der Waals surface area contributed by atoms with Crippen LogP contribution in [0.3, 0.4) is 0 Å². The van der Waals surface area contributed by atoms with Gasteiger partial charge in [-0.2, -0.15) is 0 Å². The van der Waals surface area contributed by atoms with E-state index >= 15 is 0 Å². The van der Waals surface area contributed by atoms with E-state index in [0.717, 1.165) is 30.0 Å². The molecule has 0 radical (unpaired) electrons. The van der Waals surface area contributed by atoms with E-state index in [1.165, 1.54) is 0 Å². The van der Waals surface area contributed by atoms with Crippen molar-refractivity contribution in [3.05, 3.63) is 65.2 Å². The second-order valence-electron chi connectivity index (χ2n) is 8.09. The van der Waals surface area contributed by atoms with Gasteiger partial charge in [0, 0.05) is 43.2 Å². The van der Waals surface area contributed by atoms with E-state index in [0.29, 0.717) is 44.2 Å². The van der Waals surface area contributed by atoms with Crippen molar-refractivity contribution in [2.45, 2.75) is 12.8 Å². The van der Waals surface area contributed by atoms with E-state index in [9.17, 15) is 9.59 Å². The fourth-order valence-electron chi connectivity index (χ4n) is 4.12. The molecule has 2 amide bonds. The maximum Gasteiger partial charge on any atom is 0.246 e. The summed E-state index contributed by atoms with van der Waals surface area (Å²) in [6.07, 6.45) is 4.72. The van der Waals surface area contributed by atoms with Crippen molar-refractivity contribution < 1.29 is 14.3 Å². The lowest BCUT2D eigenvalue weighted by Gasteiger charge is -2.32. The number of benzene rings is 2. The van der Waals surface area contributed by atoms with Crippen LogP contribution in [0.25, 0.3) is 6.08 Å². The van der Waals surface area contributed by atoms with Crippen LogP contribution in [0.1, 0.15) is 18.4 Å². The van der Waals surface area contributed by atoms with Crippen molar-refractivity contribution in [3.8, 4) is 0 Å². The van der Waals surface area contributed by atoms with E-state index < -0.39 is 0 Å². The molecule has 2 aromatic carbocycles. The van der Waals surface area contributed by atoms with Gasteiger partial charge in [-0.3, -0.25) is 9.59 Å². The number of halogens is 1. The van der Waals surface area contributed by atoms with Gasteiger partial charge in [-0.05, 0) is 42.7 Å². The molecule has 0 atom stereocenters. The van der Waals surface area contributed by atoms with Gasteiger partial charge in [0.2, 0.25) is 11.8 Å². The molecule has 2 aliphatic rings. The van der Waals surface area contributed by atoms with Gasteiger partial charge in [0.05, 0.1) is 24.6 Å². The normalized spacial score (nSPS) is 17.5. The molecule has 0 aliphatic carbocycles. The maximum absolute atomic E-state index is 13.0. The minimum atomic E-state index is -0.131. The highest BCUT2D eigenvalue weighted by molar-refractivity contribution is 6.31. The van der Waals surface area contributed by atoms with Gasteiger partial charge in [-0.25, -0.2) is 0 Å². The summed E-state index contributed by atoms with van der Waals surface area (Å²) in [4.78, 5) is 29.5. The molecule has 0 bridgehead atoms. The average Bonchev–Trinajstić information content (AvgIpc) is 2.84. The number of likely N-dealkylation sites (tertiary alicyclic amines) is 1. The van der Waals surface area contributed by atoms with E-state index in [-0.39, 0.29) is 17.7 Å². The number of nitrogens with one attached hydrogen (secondary N) is 1. The predicted molar refractivity (Wildman–Crippen MR) is 128 cm³/mol. The quantitative estimate of drug-likeness (QED) is 0.693. The van der Waals surface area contributed by atoms with Crippen LogP contribution in [0.15, 0.2) is 54.6 Å². The highest BCUT2D eigenvalue weighted by Crippen LogP contribution is 2.31. The molecular formula is C25H28ClN3O3. The third kappa shape index (κ3) is 5.69. The first-order valence-corrected chi connectivity index (χ1v) is 11.4. The summed E-state index contributed by atoms with van der Waals surface area (Å²) in [5.74, 6) is -0.167. The Balaban J connectivity index is 1.33. The summed E-state index contributed by atoms with van der Waals surface area (Å²) >= 11 is 6.21. The summed E-state index contributed by atoms with van der Waals surface area (Å²) in [5.41, 5.74) is 2.69. The second kappa shape index (κ2) is 10.7. The number of rotatable bonds is 5. The van der Waals surface area contributed by atoms with Crippen LogP contribution in [0.2, 0.25) is 5.02 Å². The third-order valence-corrected chi connectivity index (χ3v) is 6.20. The number of hydrogen-bond donors (Lipinski definition) is 1. The van der Waals surface area contributed by atoms with Gasteiger partial charge in [0.15, 0.2) is 0 Å². The molecule has 2 fully saturated rings. The molecule has 2 saturated heterocycles. The second-order valence-corrected chi connectivity index (χ2v) is 8.53. The number of carbonyl (C=O) groups excluding carboxylic acids is 2. The highest BCUT2D eigenvalue weighted by atomic mass is 35.5. The van der Waals surface area contributed by atoms with Crippen LogP contribution in [0.5, 0.6) is 0 Å². The Bertz CT molecular complexity index is 966. The monoisotopic (exact) mass is 453 g/mol. The lowest BCUT2D eigenvalue weighted by molar-refractivity contribution is -0.130.